The van der Waals surface area contributed by atoms with Gasteiger partial charge in [0, 0.05) is 5.92 Å². The molecule has 0 heterocycles. The van der Waals surface area contributed by atoms with Crippen LogP contribution >= 0.6 is 0 Å². The van der Waals surface area contributed by atoms with E-state index in [1.165, 1.54) is 5.57 Å². The third-order valence-corrected chi connectivity index (χ3v) is 1.69. The minimum atomic E-state index is -0.293. The van der Waals surface area contributed by atoms with Crippen molar-refractivity contribution in [2.24, 2.45) is 5.92 Å². The van der Waals surface area contributed by atoms with E-state index < -0.39 is 0 Å². The lowest BCUT2D eigenvalue weighted by Gasteiger charge is -2.09. The topological polar surface area (TPSA) is 0 Å². The van der Waals surface area contributed by atoms with E-state index in [-0.39, 0.29) is 12.6 Å². The Bertz CT molecular complexity index is 152. The van der Waals surface area contributed by atoms with E-state index in [9.17, 15) is 4.39 Å². The van der Waals surface area contributed by atoms with Gasteiger partial charge >= 0.3 is 0 Å². The molecule has 0 aromatic heterocycles. The third-order valence-electron chi connectivity index (χ3n) is 1.69. The Labute approximate surface area is 68.8 Å². The van der Waals surface area contributed by atoms with Crippen molar-refractivity contribution >= 4 is 0 Å². The monoisotopic (exact) mass is 156 g/mol. The Hall–Kier alpha value is -0.590. The minimum absolute atomic E-state index is 0.0184. The summed E-state index contributed by atoms with van der Waals surface area (Å²) in [6, 6.07) is 0. The maximum atomic E-state index is 12.3. The average Bonchev–Trinajstić information content (AvgIpc) is 1.87. The lowest BCUT2D eigenvalue weighted by molar-refractivity contribution is 0.400. The molecule has 11 heavy (non-hydrogen) atoms. The summed E-state index contributed by atoms with van der Waals surface area (Å²) in [6.07, 6.45) is 2.84. The van der Waals surface area contributed by atoms with Crippen LogP contribution in [0, 0.1) is 5.92 Å². The van der Waals surface area contributed by atoms with Crippen LogP contribution in [0.15, 0.2) is 23.8 Å². The van der Waals surface area contributed by atoms with E-state index in [0.29, 0.717) is 0 Å². The summed E-state index contributed by atoms with van der Waals surface area (Å²) in [6.45, 7) is 9.36. The first-order chi connectivity index (χ1) is 5.07. The molecule has 1 atom stereocenters. The minimum Gasteiger partial charge on any atom is -0.250 e. The van der Waals surface area contributed by atoms with Crippen LogP contribution in [0.1, 0.15) is 27.2 Å². The largest absolute Gasteiger partial charge is 0.250 e. The second-order valence-corrected chi connectivity index (χ2v) is 3.21. The summed E-state index contributed by atoms with van der Waals surface area (Å²) >= 11 is 0. The van der Waals surface area contributed by atoms with Gasteiger partial charge in [0.15, 0.2) is 0 Å². The van der Waals surface area contributed by atoms with Gasteiger partial charge in [-0.05, 0) is 27.2 Å². The molecular weight excluding hydrogens is 139 g/mol. The molecule has 0 aromatic rings. The molecule has 0 spiro atoms. The number of rotatable bonds is 4. The molecule has 0 bridgehead atoms. The first-order valence-corrected chi connectivity index (χ1v) is 3.92. The van der Waals surface area contributed by atoms with Gasteiger partial charge in [0.2, 0.25) is 0 Å². The van der Waals surface area contributed by atoms with Crippen LogP contribution in [0.25, 0.3) is 0 Å². The Kier molecular flexibility index (Phi) is 4.84. The smallest absolute Gasteiger partial charge is 0.0962 e. The molecule has 1 unspecified atom stereocenters. The van der Waals surface area contributed by atoms with E-state index in [1.54, 1.807) is 0 Å². The summed E-state index contributed by atoms with van der Waals surface area (Å²) in [5.74, 6) is 0.0184. The lowest BCUT2D eigenvalue weighted by atomic mass is 9.99. The van der Waals surface area contributed by atoms with Crippen LogP contribution in [0.3, 0.4) is 0 Å². The molecule has 0 rings (SSSR count). The maximum Gasteiger partial charge on any atom is 0.0962 e. The number of allylic oxidation sites excluding steroid dienone is 3. The van der Waals surface area contributed by atoms with Crippen molar-refractivity contribution in [1.82, 2.24) is 0 Å². The fraction of sp³-hybridized carbons (Fsp3) is 0.600. The van der Waals surface area contributed by atoms with Crippen molar-refractivity contribution in [2.75, 3.05) is 6.67 Å². The SMILES string of the molecule is C=C(C)C(CF)CC=C(C)C. The van der Waals surface area contributed by atoms with Gasteiger partial charge in [0.05, 0.1) is 6.67 Å². The summed E-state index contributed by atoms with van der Waals surface area (Å²) in [5, 5.41) is 0. The normalized spacial score (nSPS) is 12.4. The number of halogens is 1. The zero-order valence-electron chi connectivity index (χ0n) is 7.65. The van der Waals surface area contributed by atoms with Gasteiger partial charge in [-0.3, -0.25) is 4.39 Å². The molecule has 0 nitrogen and oxygen atoms in total. The summed E-state index contributed by atoms with van der Waals surface area (Å²) in [4.78, 5) is 0. The number of alkyl halides is 1. The van der Waals surface area contributed by atoms with Crippen LogP contribution in [0.2, 0.25) is 0 Å². The standard InChI is InChI=1S/C10H17F/c1-8(2)5-6-10(7-11)9(3)4/h5,10H,3,6-7H2,1-2,4H3. The van der Waals surface area contributed by atoms with E-state index in [2.05, 4.69) is 12.7 Å². The van der Waals surface area contributed by atoms with Crippen LogP contribution in [0.5, 0.6) is 0 Å². The molecule has 0 N–H and O–H groups in total. The van der Waals surface area contributed by atoms with Crippen LogP contribution < -0.4 is 0 Å². The number of hydrogen-bond acceptors (Lipinski definition) is 0. The van der Waals surface area contributed by atoms with E-state index in [4.69, 9.17) is 0 Å². The zero-order valence-corrected chi connectivity index (χ0v) is 7.65. The van der Waals surface area contributed by atoms with Gasteiger partial charge < -0.3 is 0 Å². The highest BCUT2D eigenvalue weighted by molar-refractivity contribution is 5.02. The van der Waals surface area contributed by atoms with Gasteiger partial charge in [0.25, 0.3) is 0 Å². The first kappa shape index (κ1) is 10.4. The first-order valence-electron chi connectivity index (χ1n) is 3.92. The molecule has 0 radical (unpaired) electrons. The summed E-state index contributed by atoms with van der Waals surface area (Å²) in [7, 11) is 0. The van der Waals surface area contributed by atoms with Crippen LogP contribution in [-0.4, -0.2) is 6.67 Å². The van der Waals surface area contributed by atoms with Crippen LogP contribution in [-0.2, 0) is 0 Å². The molecule has 0 aliphatic heterocycles. The van der Waals surface area contributed by atoms with Gasteiger partial charge in [0.1, 0.15) is 0 Å². The molecular formula is C10H17F. The van der Waals surface area contributed by atoms with Crippen molar-refractivity contribution < 1.29 is 4.39 Å². The van der Waals surface area contributed by atoms with E-state index in [1.807, 2.05) is 20.8 Å². The van der Waals surface area contributed by atoms with Crippen molar-refractivity contribution in [2.45, 2.75) is 27.2 Å². The molecule has 0 saturated carbocycles. The highest BCUT2D eigenvalue weighted by atomic mass is 19.1. The van der Waals surface area contributed by atoms with Gasteiger partial charge in [-0.1, -0.05) is 23.8 Å². The molecule has 0 aliphatic carbocycles. The molecule has 64 valence electrons. The Morgan fingerprint density at radius 2 is 2.00 bits per heavy atom. The lowest BCUT2D eigenvalue weighted by Crippen LogP contribution is -2.02. The molecule has 0 aromatic carbocycles. The second kappa shape index (κ2) is 5.11. The average molecular weight is 156 g/mol. The van der Waals surface area contributed by atoms with E-state index >= 15 is 0 Å². The molecule has 1 heteroatoms. The predicted molar refractivity (Wildman–Crippen MR) is 48.3 cm³/mol. The van der Waals surface area contributed by atoms with Gasteiger partial charge in [-0.15, -0.1) is 0 Å². The van der Waals surface area contributed by atoms with Crippen molar-refractivity contribution in [3.8, 4) is 0 Å². The Balaban J connectivity index is 3.89. The van der Waals surface area contributed by atoms with Crippen molar-refractivity contribution in [3.05, 3.63) is 23.8 Å². The Morgan fingerprint density at radius 1 is 1.45 bits per heavy atom. The van der Waals surface area contributed by atoms with Crippen molar-refractivity contribution in [1.29, 1.82) is 0 Å². The fourth-order valence-electron chi connectivity index (χ4n) is 0.774. The highest BCUT2D eigenvalue weighted by Gasteiger charge is 2.05. The maximum absolute atomic E-state index is 12.3. The number of hydrogen-bond donors (Lipinski definition) is 0. The van der Waals surface area contributed by atoms with Gasteiger partial charge in [-0.25, -0.2) is 0 Å². The molecule has 0 saturated heterocycles. The zero-order chi connectivity index (χ0) is 8.85. The highest BCUT2D eigenvalue weighted by Crippen LogP contribution is 2.14. The van der Waals surface area contributed by atoms with E-state index in [0.717, 1.165) is 12.0 Å². The quantitative estimate of drug-likeness (QED) is 0.546. The third kappa shape index (κ3) is 4.77. The van der Waals surface area contributed by atoms with Crippen LogP contribution in [0.4, 0.5) is 4.39 Å². The predicted octanol–water partition coefficient (Wildman–Crippen LogP) is 3.50. The van der Waals surface area contributed by atoms with Gasteiger partial charge in [-0.2, -0.15) is 0 Å². The Morgan fingerprint density at radius 3 is 2.27 bits per heavy atom. The summed E-state index contributed by atoms with van der Waals surface area (Å²) in [5.41, 5.74) is 2.18. The second-order valence-electron chi connectivity index (χ2n) is 3.21. The molecule has 0 fully saturated rings. The molecule has 0 aliphatic rings. The molecule has 0 amide bonds. The van der Waals surface area contributed by atoms with Crippen molar-refractivity contribution in [3.63, 3.8) is 0 Å². The summed E-state index contributed by atoms with van der Waals surface area (Å²) < 4.78 is 12.3. The fourth-order valence-corrected chi connectivity index (χ4v) is 0.774.